The monoisotopic (exact) mass is 437 g/mol. The van der Waals surface area contributed by atoms with E-state index in [2.05, 4.69) is 5.32 Å². The van der Waals surface area contributed by atoms with E-state index in [1.165, 1.54) is 0 Å². The molecule has 1 fully saturated rings. The Hall–Kier alpha value is -2.93. The zero-order chi connectivity index (χ0) is 22.7. The molecule has 4 rings (SSSR count). The number of rotatable bonds is 8. The number of nitrogens with zero attached hydrogens (tertiary/aromatic N) is 2. The maximum Gasteiger partial charge on any atom is 0.263 e. The second kappa shape index (κ2) is 9.28. The van der Waals surface area contributed by atoms with Gasteiger partial charge in [-0.1, -0.05) is 30.3 Å². The third-order valence-electron chi connectivity index (χ3n) is 6.38. The molecule has 7 nitrogen and oxygen atoms in total. The first kappa shape index (κ1) is 22.3. The van der Waals surface area contributed by atoms with E-state index in [1.54, 1.807) is 9.47 Å². The molecule has 2 aromatic rings. The van der Waals surface area contributed by atoms with Crippen molar-refractivity contribution < 1.29 is 14.3 Å². The second-order valence-electron chi connectivity index (χ2n) is 8.96. The van der Waals surface area contributed by atoms with Crippen LogP contribution >= 0.6 is 0 Å². The molecule has 1 N–H and O–H groups in total. The van der Waals surface area contributed by atoms with Crippen molar-refractivity contribution in [2.75, 3.05) is 19.8 Å². The van der Waals surface area contributed by atoms with Crippen LogP contribution in [-0.2, 0) is 35.5 Å². The molecule has 1 aliphatic heterocycles. The Morgan fingerprint density at radius 3 is 2.62 bits per heavy atom. The first-order chi connectivity index (χ1) is 15.4. The molecule has 0 atom stereocenters. The van der Waals surface area contributed by atoms with E-state index in [-0.39, 0.29) is 35.1 Å². The molecule has 32 heavy (non-hydrogen) atoms. The summed E-state index contributed by atoms with van der Waals surface area (Å²) in [6.45, 7) is 5.72. The fourth-order valence-corrected chi connectivity index (χ4v) is 4.15. The summed E-state index contributed by atoms with van der Waals surface area (Å²) in [5.41, 5.74) is 2.53. The molecular weight excluding hydrogens is 406 g/mol. The molecule has 1 aliphatic carbocycles. The zero-order valence-electron chi connectivity index (χ0n) is 18.9. The number of carbonyl (C=O) groups excluding carboxylic acids is 2. The van der Waals surface area contributed by atoms with E-state index in [0.717, 1.165) is 29.5 Å². The maximum atomic E-state index is 13.4. The molecule has 170 valence electrons. The summed E-state index contributed by atoms with van der Waals surface area (Å²) in [6, 6.07) is 9.96. The summed E-state index contributed by atoms with van der Waals surface area (Å²) in [6.07, 6.45) is 4.86. The van der Waals surface area contributed by atoms with Crippen molar-refractivity contribution in [2.24, 2.45) is 0 Å². The lowest BCUT2D eigenvalue weighted by molar-refractivity contribution is -0.136. The molecule has 0 radical (unpaired) electrons. The van der Waals surface area contributed by atoms with Crippen LogP contribution in [0.4, 0.5) is 0 Å². The SMILES string of the molecule is CCOCC(=O)N1CCc2c(cn(CCc3ccccc3)c(=O)c2C(=O)NC2(C)CC2)C1. The summed E-state index contributed by atoms with van der Waals surface area (Å²) in [4.78, 5) is 40.8. The third-order valence-corrected chi connectivity index (χ3v) is 6.38. The second-order valence-corrected chi connectivity index (χ2v) is 8.96. The van der Waals surface area contributed by atoms with Gasteiger partial charge in [0.05, 0.1) is 0 Å². The van der Waals surface area contributed by atoms with Gasteiger partial charge < -0.3 is 19.5 Å². The maximum absolute atomic E-state index is 13.4. The van der Waals surface area contributed by atoms with Gasteiger partial charge in [0.15, 0.2) is 0 Å². The molecule has 2 aliphatic rings. The topological polar surface area (TPSA) is 80.6 Å². The number of hydrogen-bond donors (Lipinski definition) is 1. The van der Waals surface area contributed by atoms with Crippen LogP contribution in [0, 0.1) is 0 Å². The van der Waals surface area contributed by atoms with E-state index >= 15 is 0 Å². The van der Waals surface area contributed by atoms with Gasteiger partial charge in [-0.05, 0) is 56.2 Å². The quantitative estimate of drug-likeness (QED) is 0.687. The minimum atomic E-state index is -0.297. The van der Waals surface area contributed by atoms with Gasteiger partial charge in [-0.25, -0.2) is 0 Å². The Kier molecular flexibility index (Phi) is 6.46. The number of carbonyl (C=O) groups is 2. The highest BCUT2D eigenvalue weighted by molar-refractivity contribution is 5.96. The Labute approximate surface area is 188 Å². The lowest BCUT2D eigenvalue weighted by atomic mass is 9.95. The van der Waals surface area contributed by atoms with Crippen molar-refractivity contribution in [3.63, 3.8) is 0 Å². The predicted molar refractivity (Wildman–Crippen MR) is 122 cm³/mol. The summed E-state index contributed by atoms with van der Waals surface area (Å²) in [5, 5.41) is 3.05. The van der Waals surface area contributed by atoms with E-state index in [9.17, 15) is 14.4 Å². The normalized spacial score (nSPS) is 16.4. The molecular formula is C25H31N3O4. The lowest BCUT2D eigenvalue weighted by Crippen LogP contribution is -2.44. The van der Waals surface area contributed by atoms with E-state index in [0.29, 0.717) is 39.1 Å². The lowest BCUT2D eigenvalue weighted by Gasteiger charge is -2.30. The number of aromatic nitrogens is 1. The Balaban J connectivity index is 1.64. The van der Waals surface area contributed by atoms with Crippen molar-refractivity contribution in [3.8, 4) is 0 Å². The molecule has 7 heteroatoms. The van der Waals surface area contributed by atoms with Gasteiger partial charge in [0.25, 0.3) is 11.5 Å². The van der Waals surface area contributed by atoms with Gasteiger partial charge in [-0.15, -0.1) is 0 Å². The standard InChI is InChI=1S/C25H31N3O4/c1-3-32-17-21(29)27-14-10-20-19(15-27)16-28(13-9-18-7-5-4-6-8-18)24(31)22(20)23(30)26-25(2)11-12-25/h4-8,16H,3,9-15,17H2,1-2H3,(H,26,30). The van der Waals surface area contributed by atoms with Crippen LogP contribution < -0.4 is 10.9 Å². The molecule has 2 heterocycles. The minimum Gasteiger partial charge on any atom is -0.372 e. The average Bonchev–Trinajstić information content (AvgIpc) is 3.52. The Morgan fingerprint density at radius 2 is 1.94 bits per heavy atom. The molecule has 0 unspecified atom stereocenters. The molecule has 1 aromatic carbocycles. The van der Waals surface area contributed by atoms with Gasteiger partial charge in [-0.3, -0.25) is 14.4 Å². The number of benzene rings is 1. The Morgan fingerprint density at radius 1 is 1.19 bits per heavy atom. The van der Waals surface area contributed by atoms with Crippen molar-refractivity contribution in [1.82, 2.24) is 14.8 Å². The van der Waals surface area contributed by atoms with Crippen LogP contribution in [0.15, 0.2) is 41.3 Å². The summed E-state index contributed by atoms with van der Waals surface area (Å²) >= 11 is 0. The minimum absolute atomic E-state index is 0.0468. The summed E-state index contributed by atoms with van der Waals surface area (Å²) < 4.78 is 6.91. The van der Waals surface area contributed by atoms with Crippen LogP contribution in [-0.4, -0.2) is 46.6 Å². The number of nitrogens with one attached hydrogen (secondary N) is 1. The molecule has 0 saturated heterocycles. The highest BCUT2D eigenvalue weighted by Gasteiger charge is 2.40. The van der Waals surface area contributed by atoms with Crippen molar-refractivity contribution in [3.05, 3.63) is 69.1 Å². The first-order valence-electron chi connectivity index (χ1n) is 11.4. The number of ether oxygens (including phenoxy) is 1. The van der Waals surface area contributed by atoms with Crippen LogP contribution in [0.25, 0.3) is 0 Å². The third kappa shape index (κ3) is 4.93. The van der Waals surface area contributed by atoms with Gasteiger partial charge in [-0.2, -0.15) is 0 Å². The zero-order valence-corrected chi connectivity index (χ0v) is 18.9. The largest absolute Gasteiger partial charge is 0.372 e. The highest BCUT2D eigenvalue weighted by Crippen LogP contribution is 2.34. The molecule has 0 spiro atoms. The van der Waals surface area contributed by atoms with E-state index in [1.807, 2.05) is 50.4 Å². The van der Waals surface area contributed by atoms with Crippen molar-refractivity contribution in [1.29, 1.82) is 0 Å². The van der Waals surface area contributed by atoms with Gasteiger partial charge in [0.1, 0.15) is 12.2 Å². The fraction of sp³-hybridized carbons (Fsp3) is 0.480. The number of fused-ring (bicyclic) bond motifs is 1. The number of pyridine rings is 1. The van der Waals surface area contributed by atoms with Crippen LogP contribution in [0.5, 0.6) is 0 Å². The fourth-order valence-electron chi connectivity index (χ4n) is 4.15. The van der Waals surface area contributed by atoms with Crippen LogP contribution in [0.3, 0.4) is 0 Å². The smallest absolute Gasteiger partial charge is 0.263 e. The summed E-state index contributed by atoms with van der Waals surface area (Å²) in [7, 11) is 0. The Bertz CT molecular complexity index is 1060. The molecule has 0 bridgehead atoms. The molecule has 1 aromatic heterocycles. The van der Waals surface area contributed by atoms with Gasteiger partial charge in [0, 0.05) is 38.0 Å². The van der Waals surface area contributed by atoms with Crippen molar-refractivity contribution >= 4 is 11.8 Å². The number of aryl methyl sites for hydroxylation is 2. The molecule has 2 amide bonds. The first-order valence-corrected chi connectivity index (χ1v) is 11.4. The van der Waals surface area contributed by atoms with Crippen molar-refractivity contribution in [2.45, 2.75) is 58.2 Å². The van der Waals surface area contributed by atoms with E-state index < -0.39 is 0 Å². The van der Waals surface area contributed by atoms with Gasteiger partial charge in [0.2, 0.25) is 5.91 Å². The predicted octanol–water partition coefficient (Wildman–Crippen LogP) is 2.29. The van der Waals surface area contributed by atoms with Crippen LogP contribution in [0.2, 0.25) is 0 Å². The summed E-state index contributed by atoms with van der Waals surface area (Å²) in [5.74, 6) is -0.370. The highest BCUT2D eigenvalue weighted by atomic mass is 16.5. The van der Waals surface area contributed by atoms with E-state index in [4.69, 9.17) is 4.74 Å². The van der Waals surface area contributed by atoms with Gasteiger partial charge >= 0.3 is 0 Å². The number of amides is 2. The molecule has 1 saturated carbocycles. The number of hydrogen-bond acceptors (Lipinski definition) is 4. The average molecular weight is 438 g/mol. The van der Waals surface area contributed by atoms with Crippen LogP contribution in [0.1, 0.15) is 53.7 Å².